The number of nitrogens with two attached hydrogens (primary N) is 1. The normalized spacial score (nSPS) is 23.3. The molecule has 3 nitrogen and oxygen atoms in total. The van der Waals surface area contributed by atoms with Crippen molar-refractivity contribution >= 4 is 11.3 Å². The van der Waals surface area contributed by atoms with Crippen molar-refractivity contribution in [2.75, 3.05) is 13.1 Å². The number of thiazole rings is 1. The van der Waals surface area contributed by atoms with E-state index in [4.69, 9.17) is 5.73 Å². The van der Waals surface area contributed by atoms with Gasteiger partial charge in [0.2, 0.25) is 0 Å². The Morgan fingerprint density at radius 2 is 2.62 bits per heavy atom. The molecule has 1 aliphatic rings. The first kappa shape index (κ1) is 9.12. The molecule has 3 N–H and O–H groups in total. The van der Waals surface area contributed by atoms with Crippen molar-refractivity contribution in [3.63, 3.8) is 0 Å². The lowest BCUT2D eigenvalue weighted by Crippen LogP contribution is -2.28. The fourth-order valence-electron chi connectivity index (χ4n) is 1.67. The monoisotopic (exact) mass is 197 g/mol. The zero-order valence-electron chi connectivity index (χ0n) is 7.62. The molecule has 0 spiro atoms. The van der Waals surface area contributed by atoms with Crippen LogP contribution in [0.2, 0.25) is 0 Å². The second-order valence-electron chi connectivity index (χ2n) is 3.42. The van der Waals surface area contributed by atoms with E-state index in [-0.39, 0.29) is 0 Å². The number of hydrogen-bond donors (Lipinski definition) is 2. The van der Waals surface area contributed by atoms with E-state index in [1.54, 1.807) is 11.3 Å². The minimum absolute atomic E-state index is 0.566. The maximum atomic E-state index is 5.52. The molecule has 1 saturated heterocycles. The van der Waals surface area contributed by atoms with Gasteiger partial charge in [-0.3, -0.25) is 0 Å². The van der Waals surface area contributed by atoms with Crippen LogP contribution in [-0.4, -0.2) is 18.1 Å². The van der Waals surface area contributed by atoms with E-state index in [1.165, 1.54) is 17.8 Å². The summed E-state index contributed by atoms with van der Waals surface area (Å²) in [5, 5.41) is 6.73. The smallest absolute Gasteiger partial charge is 0.0972 e. The van der Waals surface area contributed by atoms with Crippen LogP contribution in [0, 0.1) is 0 Å². The zero-order chi connectivity index (χ0) is 9.10. The maximum absolute atomic E-state index is 5.52. The number of aromatic nitrogens is 1. The zero-order valence-corrected chi connectivity index (χ0v) is 8.44. The molecule has 0 bridgehead atoms. The molecule has 2 heterocycles. The van der Waals surface area contributed by atoms with Crippen molar-refractivity contribution in [1.82, 2.24) is 10.3 Å². The molecule has 0 aromatic carbocycles. The predicted octanol–water partition coefficient (Wildman–Crippen LogP) is 1.07. The summed E-state index contributed by atoms with van der Waals surface area (Å²) in [5.74, 6) is 0.624. The first-order chi connectivity index (χ1) is 6.40. The van der Waals surface area contributed by atoms with Crippen molar-refractivity contribution in [3.8, 4) is 0 Å². The molecule has 2 rings (SSSR count). The molecule has 1 unspecified atom stereocenters. The molecule has 0 aliphatic carbocycles. The third-order valence-electron chi connectivity index (χ3n) is 2.42. The number of nitrogens with one attached hydrogen (secondary N) is 1. The van der Waals surface area contributed by atoms with Gasteiger partial charge >= 0.3 is 0 Å². The summed E-state index contributed by atoms with van der Waals surface area (Å²) < 4.78 is 0. The molecule has 4 heteroatoms. The highest BCUT2D eigenvalue weighted by Crippen LogP contribution is 2.25. The topological polar surface area (TPSA) is 50.9 Å². The Bertz CT molecular complexity index is 266. The minimum atomic E-state index is 0.566. The van der Waals surface area contributed by atoms with Gasteiger partial charge < -0.3 is 11.1 Å². The van der Waals surface area contributed by atoms with Gasteiger partial charge in [-0.25, -0.2) is 4.98 Å². The van der Waals surface area contributed by atoms with Crippen LogP contribution in [0.5, 0.6) is 0 Å². The molecule has 1 atom stereocenters. The average Bonchev–Trinajstić information content (AvgIpc) is 2.67. The molecular weight excluding hydrogens is 182 g/mol. The van der Waals surface area contributed by atoms with Crippen LogP contribution in [0.3, 0.4) is 0 Å². The second kappa shape index (κ2) is 4.17. The fraction of sp³-hybridized carbons (Fsp3) is 0.667. The Kier molecular flexibility index (Phi) is 2.93. The number of nitrogens with zero attached hydrogens (tertiary/aromatic N) is 1. The van der Waals surface area contributed by atoms with Gasteiger partial charge in [0.05, 0.1) is 10.7 Å². The molecule has 1 aromatic rings. The van der Waals surface area contributed by atoms with Crippen molar-refractivity contribution in [2.24, 2.45) is 5.73 Å². The van der Waals surface area contributed by atoms with Crippen molar-refractivity contribution in [3.05, 3.63) is 16.1 Å². The standard InChI is InChI=1S/C9H15N3S/c10-4-8-6-13-9(12-8)7-2-1-3-11-5-7/h6-7,11H,1-5,10H2. The van der Waals surface area contributed by atoms with Crippen LogP contribution in [0.4, 0.5) is 0 Å². The molecule has 0 saturated carbocycles. The van der Waals surface area contributed by atoms with Crippen LogP contribution in [0.25, 0.3) is 0 Å². The number of rotatable bonds is 2. The summed E-state index contributed by atoms with van der Waals surface area (Å²) in [5.41, 5.74) is 6.55. The van der Waals surface area contributed by atoms with Crippen molar-refractivity contribution in [2.45, 2.75) is 25.3 Å². The van der Waals surface area contributed by atoms with E-state index >= 15 is 0 Å². The highest BCUT2D eigenvalue weighted by atomic mass is 32.1. The van der Waals surface area contributed by atoms with Gasteiger partial charge in [-0.2, -0.15) is 0 Å². The lowest BCUT2D eigenvalue weighted by Gasteiger charge is -2.20. The van der Waals surface area contributed by atoms with Gasteiger partial charge in [0.15, 0.2) is 0 Å². The van der Waals surface area contributed by atoms with Gasteiger partial charge in [-0.15, -0.1) is 11.3 Å². The lowest BCUT2D eigenvalue weighted by atomic mass is 10.0. The van der Waals surface area contributed by atoms with Crippen LogP contribution in [0.15, 0.2) is 5.38 Å². The first-order valence-corrected chi connectivity index (χ1v) is 5.63. The van der Waals surface area contributed by atoms with Crippen molar-refractivity contribution in [1.29, 1.82) is 0 Å². The fourth-order valence-corrected chi connectivity index (χ4v) is 2.64. The average molecular weight is 197 g/mol. The molecule has 0 amide bonds. The molecule has 13 heavy (non-hydrogen) atoms. The summed E-state index contributed by atoms with van der Waals surface area (Å²) in [6, 6.07) is 0. The van der Waals surface area contributed by atoms with Crippen LogP contribution < -0.4 is 11.1 Å². The summed E-state index contributed by atoms with van der Waals surface area (Å²) >= 11 is 1.75. The summed E-state index contributed by atoms with van der Waals surface area (Å²) in [7, 11) is 0. The van der Waals surface area contributed by atoms with E-state index < -0.39 is 0 Å². The largest absolute Gasteiger partial charge is 0.325 e. The van der Waals surface area contributed by atoms with Gasteiger partial charge in [0.25, 0.3) is 0 Å². The second-order valence-corrected chi connectivity index (χ2v) is 4.31. The summed E-state index contributed by atoms with van der Waals surface area (Å²) in [6.45, 7) is 2.81. The van der Waals surface area contributed by atoms with Gasteiger partial charge in [0, 0.05) is 24.4 Å². The van der Waals surface area contributed by atoms with Crippen LogP contribution in [0.1, 0.15) is 29.5 Å². The summed E-state index contributed by atoms with van der Waals surface area (Å²) in [6.07, 6.45) is 2.53. The summed E-state index contributed by atoms with van der Waals surface area (Å²) in [4.78, 5) is 4.51. The molecule has 0 radical (unpaired) electrons. The van der Waals surface area contributed by atoms with E-state index in [2.05, 4.69) is 15.7 Å². The van der Waals surface area contributed by atoms with Crippen LogP contribution in [-0.2, 0) is 6.54 Å². The predicted molar refractivity (Wildman–Crippen MR) is 54.9 cm³/mol. The highest BCUT2D eigenvalue weighted by molar-refractivity contribution is 7.09. The molecule has 1 aromatic heterocycles. The molecule has 1 aliphatic heterocycles. The lowest BCUT2D eigenvalue weighted by molar-refractivity contribution is 0.460. The Morgan fingerprint density at radius 3 is 3.23 bits per heavy atom. The molecule has 1 fully saturated rings. The van der Waals surface area contributed by atoms with Crippen molar-refractivity contribution < 1.29 is 0 Å². The molecular formula is C9H15N3S. The first-order valence-electron chi connectivity index (χ1n) is 4.75. The Labute approximate surface area is 82.4 Å². The van der Waals surface area contributed by atoms with E-state index in [9.17, 15) is 0 Å². The maximum Gasteiger partial charge on any atom is 0.0972 e. The quantitative estimate of drug-likeness (QED) is 0.745. The van der Waals surface area contributed by atoms with Gasteiger partial charge in [0.1, 0.15) is 0 Å². The van der Waals surface area contributed by atoms with Gasteiger partial charge in [-0.1, -0.05) is 0 Å². The minimum Gasteiger partial charge on any atom is -0.325 e. The van der Waals surface area contributed by atoms with E-state index in [0.717, 1.165) is 18.8 Å². The Balaban J connectivity index is 2.05. The van der Waals surface area contributed by atoms with Gasteiger partial charge in [-0.05, 0) is 19.4 Å². The van der Waals surface area contributed by atoms with E-state index in [1.807, 2.05) is 0 Å². The van der Waals surface area contributed by atoms with Crippen LogP contribution >= 0.6 is 11.3 Å². The number of piperidine rings is 1. The van der Waals surface area contributed by atoms with E-state index in [0.29, 0.717) is 12.5 Å². The molecule has 72 valence electrons. The SMILES string of the molecule is NCc1csc(C2CCCNC2)n1. The Hall–Kier alpha value is -0.450. The Morgan fingerprint density at radius 1 is 1.69 bits per heavy atom. The third kappa shape index (κ3) is 2.07. The third-order valence-corrected chi connectivity index (χ3v) is 3.48. The highest BCUT2D eigenvalue weighted by Gasteiger charge is 2.17. The number of hydrogen-bond acceptors (Lipinski definition) is 4.